The molecule has 2 nitrogen and oxygen atoms in total. The summed E-state index contributed by atoms with van der Waals surface area (Å²) in [6, 6.07) is 7.51. The maximum Gasteiger partial charge on any atom is 0.0462 e. The summed E-state index contributed by atoms with van der Waals surface area (Å²) >= 11 is 0. The molecular formula is C30H32N2. The fraction of sp³-hybridized carbons (Fsp3) is 0.333. The molecule has 0 radical (unpaired) electrons. The number of hydrogen-bond acceptors (Lipinski definition) is 1. The second-order valence-corrected chi connectivity index (χ2v) is 9.59. The largest absolute Gasteiger partial charge is 0.385 e. The van der Waals surface area contributed by atoms with Crippen molar-refractivity contribution in [2.24, 2.45) is 5.92 Å². The average Bonchev–Trinajstić information content (AvgIpc) is 3.23. The Kier molecular flexibility index (Phi) is 5.23. The van der Waals surface area contributed by atoms with Crippen LogP contribution in [0.25, 0.3) is 22.6 Å². The van der Waals surface area contributed by atoms with Crippen molar-refractivity contribution in [2.75, 3.05) is 0 Å². The highest BCUT2D eigenvalue weighted by Crippen LogP contribution is 2.39. The molecule has 4 aliphatic carbocycles. The molecule has 1 aromatic carbocycles. The lowest BCUT2D eigenvalue weighted by Gasteiger charge is -2.35. The van der Waals surface area contributed by atoms with E-state index in [4.69, 9.17) is 0 Å². The predicted octanol–water partition coefficient (Wildman–Crippen LogP) is 7.39. The summed E-state index contributed by atoms with van der Waals surface area (Å²) in [4.78, 5) is 3.65. The normalized spacial score (nSPS) is 24.7. The molecule has 4 aliphatic rings. The van der Waals surface area contributed by atoms with E-state index in [1.807, 2.05) is 0 Å². The van der Waals surface area contributed by atoms with Crippen LogP contribution < -0.4 is 5.32 Å². The van der Waals surface area contributed by atoms with Gasteiger partial charge in [0, 0.05) is 39.8 Å². The highest BCUT2D eigenvalue weighted by atomic mass is 14.9. The number of benzene rings is 1. The lowest BCUT2D eigenvalue weighted by atomic mass is 9.76. The monoisotopic (exact) mass is 420 g/mol. The van der Waals surface area contributed by atoms with E-state index >= 15 is 0 Å². The highest BCUT2D eigenvalue weighted by molar-refractivity contribution is 5.93. The first-order valence-corrected chi connectivity index (χ1v) is 12.3. The van der Waals surface area contributed by atoms with Gasteiger partial charge in [0.2, 0.25) is 0 Å². The van der Waals surface area contributed by atoms with Gasteiger partial charge in [-0.2, -0.15) is 0 Å². The Morgan fingerprint density at radius 1 is 0.906 bits per heavy atom. The first-order valence-electron chi connectivity index (χ1n) is 12.3. The van der Waals surface area contributed by atoms with Gasteiger partial charge in [0.1, 0.15) is 0 Å². The Morgan fingerprint density at radius 3 is 2.72 bits per heavy atom. The third-order valence-corrected chi connectivity index (χ3v) is 7.52. The zero-order valence-electron chi connectivity index (χ0n) is 18.7. The molecule has 32 heavy (non-hydrogen) atoms. The second kappa shape index (κ2) is 8.50. The van der Waals surface area contributed by atoms with Crippen molar-refractivity contribution >= 4 is 22.6 Å². The Bertz CT molecular complexity index is 1210. The number of aromatic amines is 1. The van der Waals surface area contributed by atoms with E-state index in [0.717, 1.165) is 38.5 Å². The van der Waals surface area contributed by atoms with Gasteiger partial charge in [-0.1, -0.05) is 54.7 Å². The maximum absolute atomic E-state index is 3.92. The SMILES string of the molecule is C1=CCCC(NC2CC=C(c3ccc4[nH]c5c(c4c3)C=CCC5)CC2C2=CCCC=C2)=C1. The van der Waals surface area contributed by atoms with Crippen molar-refractivity contribution in [1.82, 2.24) is 10.3 Å². The van der Waals surface area contributed by atoms with E-state index in [2.05, 4.69) is 83.2 Å². The molecule has 0 saturated carbocycles. The van der Waals surface area contributed by atoms with E-state index in [0.29, 0.717) is 12.0 Å². The van der Waals surface area contributed by atoms with Crippen LogP contribution in [-0.2, 0) is 6.42 Å². The zero-order valence-corrected chi connectivity index (χ0v) is 18.7. The summed E-state index contributed by atoms with van der Waals surface area (Å²) in [7, 11) is 0. The van der Waals surface area contributed by atoms with Crippen LogP contribution >= 0.6 is 0 Å². The van der Waals surface area contributed by atoms with Gasteiger partial charge in [0.15, 0.2) is 0 Å². The minimum atomic E-state index is 0.470. The van der Waals surface area contributed by atoms with Crippen molar-refractivity contribution in [3.8, 4) is 0 Å². The van der Waals surface area contributed by atoms with Crippen LogP contribution in [0.3, 0.4) is 0 Å². The van der Waals surface area contributed by atoms with Gasteiger partial charge < -0.3 is 10.3 Å². The molecule has 0 fully saturated rings. The molecule has 1 aromatic heterocycles. The third-order valence-electron chi connectivity index (χ3n) is 7.52. The van der Waals surface area contributed by atoms with E-state index in [1.54, 1.807) is 0 Å². The second-order valence-electron chi connectivity index (χ2n) is 9.59. The fourth-order valence-corrected chi connectivity index (χ4v) is 5.80. The van der Waals surface area contributed by atoms with Gasteiger partial charge >= 0.3 is 0 Å². The summed E-state index contributed by atoms with van der Waals surface area (Å²) in [5.74, 6) is 0.522. The molecule has 2 atom stereocenters. The minimum absolute atomic E-state index is 0.470. The molecule has 0 bridgehead atoms. The quantitative estimate of drug-likeness (QED) is 0.530. The van der Waals surface area contributed by atoms with Crippen LogP contribution in [0.1, 0.15) is 61.8 Å². The summed E-state index contributed by atoms with van der Waals surface area (Å²) in [5.41, 5.74) is 9.88. The van der Waals surface area contributed by atoms with Gasteiger partial charge in [-0.25, -0.2) is 0 Å². The van der Waals surface area contributed by atoms with Gasteiger partial charge in [-0.15, -0.1) is 0 Å². The van der Waals surface area contributed by atoms with E-state index in [9.17, 15) is 0 Å². The predicted molar refractivity (Wildman–Crippen MR) is 136 cm³/mol. The third kappa shape index (κ3) is 3.72. The number of hydrogen-bond donors (Lipinski definition) is 2. The number of aromatic nitrogens is 1. The maximum atomic E-state index is 3.92. The molecule has 0 saturated heterocycles. The van der Waals surface area contributed by atoms with Crippen LogP contribution in [0.15, 0.2) is 78.1 Å². The molecule has 0 aliphatic heterocycles. The van der Waals surface area contributed by atoms with Crippen molar-refractivity contribution in [1.29, 1.82) is 0 Å². The number of allylic oxidation sites excluding steroid dienone is 9. The number of nitrogens with one attached hydrogen (secondary N) is 2. The van der Waals surface area contributed by atoms with Crippen molar-refractivity contribution in [2.45, 2.75) is 57.4 Å². The molecule has 2 unspecified atom stereocenters. The number of H-pyrrole nitrogens is 1. The van der Waals surface area contributed by atoms with Crippen molar-refractivity contribution in [3.05, 3.63) is 94.9 Å². The smallest absolute Gasteiger partial charge is 0.0462 e. The summed E-state index contributed by atoms with van der Waals surface area (Å²) in [6.45, 7) is 0. The standard InChI is InChI=1S/C30H32N2/c1-3-9-21(10-4-1)26-19-22(15-17-29(26)31-24-11-5-2-6-12-24)23-16-18-30-27(20-23)25-13-7-8-14-28(25)32-30/h2-3,5,7,9-11,13,15-16,18,20,26,29,31-32H,1,4,6,8,12,14,17,19H2. The number of rotatable bonds is 4. The van der Waals surface area contributed by atoms with E-state index in [-0.39, 0.29) is 0 Å². The number of aryl methyl sites for hydroxylation is 1. The fourth-order valence-electron chi connectivity index (χ4n) is 5.80. The lowest BCUT2D eigenvalue weighted by molar-refractivity contribution is 0.416. The summed E-state index contributed by atoms with van der Waals surface area (Å²) in [5, 5.41) is 5.30. The first kappa shape index (κ1) is 19.7. The summed E-state index contributed by atoms with van der Waals surface area (Å²) < 4.78 is 0. The lowest BCUT2D eigenvalue weighted by Crippen LogP contribution is -2.38. The Hall–Kier alpha value is -3.00. The zero-order chi connectivity index (χ0) is 21.3. The van der Waals surface area contributed by atoms with Crippen LogP contribution in [0.5, 0.6) is 0 Å². The minimum Gasteiger partial charge on any atom is -0.385 e. The molecule has 2 N–H and O–H groups in total. The van der Waals surface area contributed by atoms with Crippen LogP contribution in [0.4, 0.5) is 0 Å². The molecule has 162 valence electrons. The Labute approximate surface area is 191 Å². The average molecular weight is 421 g/mol. The molecule has 0 spiro atoms. The Morgan fingerprint density at radius 2 is 1.84 bits per heavy atom. The topological polar surface area (TPSA) is 27.8 Å². The van der Waals surface area contributed by atoms with Gasteiger partial charge in [-0.05, 0) is 86.3 Å². The first-order chi connectivity index (χ1) is 15.8. The van der Waals surface area contributed by atoms with E-state index < -0.39 is 0 Å². The summed E-state index contributed by atoms with van der Waals surface area (Å²) in [6.07, 6.45) is 30.1. The molecule has 2 aromatic rings. The molecular weight excluding hydrogens is 388 g/mol. The van der Waals surface area contributed by atoms with Crippen LogP contribution in [-0.4, -0.2) is 11.0 Å². The van der Waals surface area contributed by atoms with Crippen molar-refractivity contribution < 1.29 is 0 Å². The van der Waals surface area contributed by atoms with E-state index in [1.165, 1.54) is 57.4 Å². The van der Waals surface area contributed by atoms with Crippen molar-refractivity contribution in [3.63, 3.8) is 0 Å². The van der Waals surface area contributed by atoms with Crippen LogP contribution in [0, 0.1) is 5.92 Å². The van der Waals surface area contributed by atoms with Gasteiger partial charge in [-0.3, -0.25) is 0 Å². The number of fused-ring (bicyclic) bond motifs is 3. The molecule has 2 heteroatoms. The molecule has 6 rings (SSSR count). The molecule has 0 amide bonds. The van der Waals surface area contributed by atoms with Gasteiger partial charge in [0.05, 0.1) is 0 Å². The molecule has 1 heterocycles. The van der Waals surface area contributed by atoms with Gasteiger partial charge in [0.25, 0.3) is 0 Å². The Balaban J connectivity index is 1.33. The highest BCUT2D eigenvalue weighted by Gasteiger charge is 2.29. The van der Waals surface area contributed by atoms with Crippen LogP contribution in [0.2, 0.25) is 0 Å².